The number of hydrogen-bond donors (Lipinski definition) is 0. The molecule has 2 rings (SSSR count). The van der Waals surface area contributed by atoms with Crippen molar-refractivity contribution in [2.45, 2.75) is 0 Å². The molecule has 0 fully saturated rings. The zero-order valence-electron chi connectivity index (χ0n) is 9.08. The van der Waals surface area contributed by atoms with Crippen LogP contribution in [0, 0.1) is 0 Å². The van der Waals surface area contributed by atoms with Crippen molar-refractivity contribution in [3.63, 3.8) is 0 Å². The van der Waals surface area contributed by atoms with Crippen molar-refractivity contribution in [1.29, 1.82) is 0 Å². The van der Waals surface area contributed by atoms with E-state index in [-0.39, 0.29) is 75.3 Å². The first-order chi connectivity index (χ1) is 7.46. The average molecular weight is 270 g/mol. The second-order valence-electron chi connectivity index (χ2n) is 3.39. The van der Waals surface area contributed by atoms with E-state index in [4.69, 9.17) is 4.74 Å². The van der Waals surface area contributed by atoms with Crippen molar-refractivity contribution in [1.82, 2.24) is 0 Å². The Bertz CT molecular complexity index is 436. The number of ether oxygens (including phenoxy) is 2. The van der Waals surface area contributed by atoms with Crippen molar-refractivity contribution in [2.24, 2.45) is 0 Å². The van der Waals surface area contributed by atoms with Gasteiger partial charge in [0.15, 0.2) is 6.61 Å². The number of fused-ring (bicyclic) bond motifs is 1. The van der Waals surface area contributed by atoms with Gasteiger partial charge in [0.1, 0.15) is 11.5 Å². The quantitative estimate of drug-likeness (QED) is 0.663. The first-order valence-corrected chi connectivity index (χ1v) is 4.59. The molecule has 1 heterocycles. The van der Waals surface area contributed by atoms with Gasteiger partial charge in [0.25, 0.3) is 0 Å². The van der Waals surface area contributed by atoms with Crippen molar-refractivity contribution < 1.29 is 78.6 Å². The van der Waals surface area contributed by atoms with Crippen LogP contribution in [-0.2, 0) is 0 Å². The Morgan fingerprint density at radius 3 is 2.71 bits per heavy atom. The Hall–Kier alpha value is -0.0187. The molecule has 17 heavy (non-hydrogen) atoms. The van der Waals surface area contributed by atoms with Crippen LogP contribution >= 0.6 is 0 Å². The molecule has 0 N–H and O–H groups in total. The number of rotatable bonds is 3. The van der Waals surface area contributed by atoms with Crippen LogP contribution in [0.2, 0.25) is 0 Å². The molecule has 1 aliphatic rings. The second kappa shape index (κ2) is 5.75. The topological polar surface area (TPSA) is 35.5 Å². The van der Waals surface area contributed by atoms with Crippen LogP contribution in [0.5, 0.6) is 11.5 Å². The van der Waals surface area contributed by atoms with Crippen molar-refractivity contribution >= 4 is 12.8 Å². The van der Waals surface area contributed by atoms with E-state index in [2.05, 4.69) is 4.74 Å². The van der Waals surface area contributed by atoms with E-state index in [0.29, 0.717) is 5.56 Å². The fourth-order valence-corrected chi connectivity index (χ4v) is 1.35. The van der Waals surface area contributed by atoms with Crippen molar-refractivity contribution in [3.05, 3.63) is 23.8 Å². The molecule has 0 atom stereocenters. The fourth-order valence-electron chi connectivity index (χ4n) is 1.35. The summed E-state index contributed by atoms with van der Waals surface area (Å²) in [6.45, 7) is -6.34. The molecular formula is C9H7BF3KO3. The smallest absolute Gasteiger partial charge is 0.522 e. The Kier molecular flexibility index (Phi) is 5.08. The summed E-state index contributed by atoms with van der Waals surface area (Å²) in [4.78, 5) is 11.2. The van der Waals surface area contributed by atoms with E-state index in [1.807, 2.05) is 0 Å². The van der Waals surface area contributed by atoms with Gasteiger partial charge in [0, 0.05) is 6.07 Å². The Labute approximate surface area is 138 Å². The maximum absolute atomic E-state index is 11.9. The van der Waals surface area contributed by atoms with Crippen LogP contribution in [-0.4, -0.2) is 25.9 Å². The Balaban J connectivity index is 0.00000144. The summed E-state index contributed by atoms with van der Waals surface area (Å²) < 4.78 is 45.3. The van der Waals surface area contributed by atoms with Gasteiger partial charge in [-0.2, -0.15) is 0 Å². The molecule has 3 nitrogen and oxygen atoms in total. The third-order valence-corrected chi connectivity index (χ3v) is 2.05. The standard InChI is InChI=1S/C9H7BF3O3.K/c11-10(12,13)5-16-6-1-2-7-8(14)4-15-9(7)3-6;/h1-3H,4-5H2;/q-1;+1. The summed E-state index contributed by atoms with van der Waals surface area (Å²) in [5.74, 6) is 0.145. The molecule has 0 bridgehead atoms. The first kappa shape index (κ1) is 15.0. The maximum atomic E-state index is 11.9. The van der Waals surface area contributed by atoms with E-state index in [9.17, 15) is 17.7 Å². The van der Waals surface area contributed by atoms with Crippen LogP contribution in [0.15, 0.2) is 18.2 Å². The van der Waals surface area contributed by atoms with Crippen molar-refractivity contribution in [2.75, 3.05) is 13.1 Å². The van der Waals surface area contributed by atoms with Gasteiger partial charge in [-0.15, -0.1) is 0 Å². The molecule has 0 aromatic heterocycles. The molecule has 0 saturated carbocycles. The molecule has 1 aromatic rings. The molecule has 0 radical (unpaired) electrons. The summed E-state index contributed by atoms with van der Waals surface area (Å²) in [6, 6.07) is 4.03. The predicted molar refractivity (Wildman–Crippen MR) is 50.8 cm³/mol. The molecule has 0 spiro atoms. The molecule has 1 aromatic carbocycles. The molecular weight excluding hydrogens is 263 g/mol. The molecule has 8 heteroatoms. The Morgan fingerprint density at radius 1 is 1.35 bits per heavy atom. The number of carbonyl (C=O) groups excluding carboxylic acids is 1. The second-order valence-corrected chi connectivity index (χ2v) is 3.39. The number of carbonyl (C=O) groups is 1. The van der Waals surface area contributed by atoms with E-state index in [1.165, 1.54) is 18.2 Å². The summed E-state index contributed by atoms with van der Waals surface area (Å²) in [5.41, 5.74) is 0.380. The van der Waals surface area contributed by atoms with Gasteiger partial charge in [-0.25, -0.2) is 0 Å². The van der Waals surface area contributed by atoms with Crippen LogP contribution in [0.4, 0.5) is 12.9 Å². The maximum Gasteiger partial charge on any atom is 1.00 e. The van der Waals surface area contributed by atoms with Gasteiger partial charge in [0.05, 0.1) is 12.1 Å². The van der Waals surface area contributed by atoms with Gasteiger partial charge in [0.2, 0.25) is 5.78 Å². The third kappa shape index (κ3) is 3.99. The van der Waals surface area contributed by atoms with Crippen LogP contribution in [0.25, 0.3) is 0 Å². The number of benzene rings is 1. The van der Waals surface area contributed by atoms with E-state index >= 15 is 0 Å². The molecule has 1 aliphatic heterocycles. The minimum atomic E-state index is -4.98. The zero-order valence-corrected chi connectivity index (χ0v) is 12.2. The van der Waals surface area contributed by atoms with Crippen LogP contribution in [0.1, 0.15) is 10.4 Å². The van der Waals surface area contributed by atoms with Crippen LogP contribution < -0.4 is 60.9 Å². The molecule has 0 amide bonds. The average Bonchev–Trinajstić information content (AvgIpc) is 2.56. The zero-order chi connectivity index (χ0) is 11.8. The summed E-state index contributed by atoms with van der Waals surface area (Å²) in [6.07, 6.45) is 0. The van der Waals surface area contributed by atoms with Gasteiger partial charge in [-0.05, 0) is 12.1 Å². The van der Waals surface area contributed by atoms with E-state index in [0.717, 1.165) is 0 Å². The van der Waals surface area contributed by atoms with Gasteiger partial charge in [-0.3, -0.25) is 4.79 Å². The number of hydrogen-bond acceptors (Lipinski definition) is 3. The number of Topliss-reactive ketones (excluding diaryl/α,β-unsaturated/α-hetero) is 1. The first-order valence-electron chi connectivity index (χ1n) is 4.59. The van der Waals surface area contributed by atoms with Crippen molar-refractivity contribution in [3.8, 4) is 11.5 Å². The summed E-state index contributed by atoms with van der Waals surface area (Å²) in [5, 5.41) is 0. The Morgan fingerprint density at radius 2 is 2.06 bits per heavy atom. The number of ketones is 1. The molecule has 0 aliphatic carbocycles. The normalized spacial score (nSPS) is 13.7. The molecule has 0 saturated heterocycles. The van der Waals surface area contributed by atoms with E-state index in [1.54, 1.807) is 0 Å². The summed E-state index contributed by atoms with van der Waals surface area (Å²) in [7, 11) is 0. The van der Waals surface area contributed by atoms with Crippen LogP contribution in [0.3, 0.4) is 0 Å². The number of halogens is 3. The van der Waals surface area contributed by atoms with Gasteiger partial charge in [-0.1, -0.05) is 0 Å². The van der Waals surface area contributed by atoms with Gasteiger partial charge < -0.3 is 22.4 Å². The minimum Gasteiger partial charge on any atom is -0.522 e. The van der Waals surface area contributed by atoms with Gasteiger partial charge >= 0.3 is 58.4 Å². The largest absolute Gasteiger partial charge is 1.00 e. The summed E-state index contributed by atoms with van der Waals surface area (Å²) >= 11 is 0. The fraction of sp³-hybridized carbons (Fsp3) is 0.222. The minimum absolute atomic E-state index is 0. The molecule has 0 unspecified atom stereocenters. The predicted octanol–water partition coefficient (Wildman–Crippen LogP) is -0.969. The van der Waals surface area contributed by atoms with E-state index < -0.39 is 13.5 Å². The SMILES string of the molecule is O=C1COc2cc(OC[B-](F)(F)F)ccc21.[K+]. The third-order valence-electron chi connectivity index (χ3n) is 2.05. The molecule has 86 valence electrons. The monoisotopic (exact) mass is 270 g/mol.